The molecule has 120 valence electrons. The van der Waals surface area contributed by atoms with Crippen LogP contribution in [0.1, 0.15) is 63.5 Å². The van der Waals surface area contributed by atoms with Crippen LogP contribution in [0.5, 0.6) is 0 Å². The summed E-state index contributed by atoms with van der Waals surface area (Å²) in [5, 5.41) is 2.15. The molecule has 0 amide bonds. The Morgan fingerprint density at radius 3 is 2.52 bits per heavy atom. The normalized spacial score (nSPS) is 29.6. The predicted molar refractivity (Wildman–Crippen MR) is 91.7 cm³/mol. The zero-order valence-corrected chi connectivity index (χ0v) is 15.0. The lowest BCUT2D eigenvalue weighted by Crippen LogP contribution is -2.38. The van der Waals surface area contributed by atoms with Crippen molar-refractivity contribution in [2.45, 2.75) is 72.1 Å². The molecule has 0 aromatic carbocycles. The molecule has 21 heavy (non-hydrogen) atoms. The van der Waals surface area contributed by atoms with Crippen LogP contribution in [-0.4, -0.2) is 12.1 Å². The second-order valence-electron chi connectivity index (χ2n) is 7.25. The van der Waals surface area contributed by atoms with E-state index in [9.17, 15) is 0 Å². The molecule has 2 N–H and O–H groups in total. The summed E-state index contributed by atoms with van der Waals surface area (Å²) >= 11 is 1.78. The van der Waals surface area contributed by atoms with Crippen molar-refractivity contribution in [3.05, 3.63) is 21.9 Å². The second-order valence-corrected chi connectivity index (χ2v) is 8.20. The van der Waals surface area contributed by atoms with Crippen molar-refractivity contribution in [2.24, 2.45) is 23.5 Å². The third-order valence-corrected chi connectivity index (χ3v) is 6.00. The summed E-state index contributed by atoms with van der Waals surface area (Å²) < 4.78 is 6.61. The first kappa shape index (κ1) is 17.0. The molecule has 1 aromatic rings. The summed E-state index contributed by atoms with van der Waals surface area (Å²) in [7, 11) is 0. The number of rotatable bonds is 5. The highest BCUT2D eigenvalue weighted by Crippen LogP contribution is 2.39. The Kier molecular flexibility index (Phi) is 5.87. The Balaban J connectivity index is 2.16. The Labute approximate surface area is 134 Å². The van der Waals surface area contributed by atoms with Crippen molar-refractivity contribution < 1.29 is 4.74 Å². The molecule has 5 atom stereocenters. The average Bonchev–Trinajstić information content (AvgIpc) is 2.81. The van der Waals surface area contributed by atoms with Gasteiger partial charge in [0.15, 0.2) is 0 Å². The molecule has 0 radical (unpaired) electrons. The van der Waals surface area contributed by atoms with Crippen LogP contribution in [0.15, 0.2) is 11.4 Å². The van der Waals surface area contributed by atoms with Crippen LogP contribution in [-0.2, 0) is 4.74 Å². The Hall–Kier alpha value is -0.380. The molecule has 1 fully saturated rings. The lowest BCUT2D eigenvalue weighted by Gasteiger charge is -2.39. The van der Waals surface area contributed by atoms with Gasteiger partial charge in [-0.25, -0.2) is 0 Å². The van der Waals surface area contributed by atoms with Crippen LogP contribution >= 0.6 is 11.3 Å². The number of hydrogen-bond donors (Lipinski definition) is 1. The van der Waals surface area contributed by atoms with Crippen LogP contribution < -0.4 is 5.73 Å². The van der Waals surface area contributed by atoms with Crippen molar-refractivity contribution >= 4 is 11.3 Å². The van der Waals surface area contributed by atoms with E-state index in [1.54, 1.807) is 11.3 Å². The van der Waals surface area contributed by atoms with E-state index >= 15 is 0 Å². The lowest BCUT2D eigenvalue weighted by atomic mass is 9.75. The van der Waals surface area contributed by atoms with Crippen molar-refractivity contribution in [1.29, 1.82) is 0 Å². The van der Waals surface area contributed by atoms with Gasteiger partial charge in [0.05, 0.1) is 6.10 Å². The number of aryl methyl sites for hydroxylation is 1. The summed E-state index contributed by atoms with van der Waals surface area (Å²) in [6.07, 6.45) is 4.20. The fourth-order valence-electron chi connectivity index (χ4n) is 3.56. The van der Waals surface area contributed by atoms with Crippen molar-refractivity contribution in [1.82, 2.24) is 0 Å². The number of hydrogen-bond acceptors (Lipinski definition) is 3. The van der Waals surface area contributed by atoms with Crippen LogP contribution in [0, 0.1) is 24.7 Å². The molecule has 0 aliphatic heterocycles. The lowest BCUT2D eigenvalue weighted by molar-refractivity contribution is -0.0873. The SMILES string of the molecule is Cc1ccsc1C(OC1CC(C)CCC1C(C)C)C(C)N. The number of ether oxygens (including phenoxy) is 1. The molecule has 3 heteroatoms. The summed E-state index contributed by atoms with van der Waals surface area (Å²) in [6, 6.07) is 2.20. The van der Waals surface area contributed by atoms with Crippen LogP contribution in [0.4, 0.5) is 0 Å². The third-order valence-electron chi connectivity index (χ3n) is 4.92. The van der Waals surface area contributed by atoms with E-state index < -0.39 is 0 Å². The highest BCUT2D eigenvalue weighted by molar-refractivity contribution is 7.10. The van der Waals surface area contributed by atoms with Gasteiger partial charge in [0.2, 0.25) is 0 Å². The Bertz CT molecular complexity index is 440. The van der Waals surface area contributed by atoms with Gasteiger partial charge < -0.3 is 10.5 Å². The monoisotopic (exact) mass is 309 g/mol. The molecule has 1 aliphatic rings. The van der Waals surface area contributed by atoms with Crippen molar-refractivity contribution in [3.8, 4) is 0 Å². The fraction of sp³-hybridized carbons (Fsp3) is 0.778. The molecule has 0 spiro atoms. The summed E-state index contributed by atoms with van der Waals surface area (Å²) in [6.45, 7) is 11.2. The quantitative estimate of drug-likeness (QED) is 0.837. The Morgan fingerprint density at radius 2 is 2.00 bits per heavy atom. The second kappa shape index (κ2) is 7.26. The van der Waals surface area contributed by atoms with Crippen molar-refractivity contribution in [3.63, 3.8) is 0 Å². The van der Waals surface area contributed by atoms with Gasteiger partial charge in [0, 0.05) is 10.9 Å². The molecule has 0 bridgehead atoms. The molecule has 1 saturated carbocycles. The van der Waals surface area contributed by atoms with E-state index in [-0.39, 0.29) is 12.1 Å². The minimum Gasteiger partial charge on any atom is -0.368 e. The van der Waals surface area contributed by atoms with Gasteiger partial charge in [0.1, 0.15) is 6.10 Å². The predicted octanol–water partition coefficient (Wildman–Crippen LogP) is 4.92. The zero-order chi connectivity index (χ0) is 15.6. The minimum absolute atomic E-state index is 0.0346. The summed E-state index contributed by atoms with van der Waals surface area (Å²) in [4.78, 5) is 1.31. The van der Waals surface area contributed by atoms with E-state index in [0.717, 1.165) is 5.92 Å². The van der Waals surface area contributed by atoms with Crippen LogP contribution in [0.2, 0.25) is 0 Å². The highest BCUT2D eigenvalue weighted by Gasteiger charge is 2.34. The smallest absolute Gasteiger partial charge is 0.107 e. The van der Waals surface area contributed by atoms with Gasteiger partial charge in [-0.1, -0.05) is 27.2 Å². The van der Waals surface area contributed by atoms with E-state index in [0.29, 0.717) is 17.9 Å². The summed E-state index contributed by atoms with van der Waals surface area (Å²) in [5.74, 6) is 2.12. The van der Waals surface area contributed by atoms with E-state index in [4.69, 9.17) is 10.5 Å². The topological polar surface area (TPSA) is 35.2 Å². The maximum absolute atomic E-state index is 6.61. The molecule has 2 nitrogen and oxygen atoms in total. The fourth-order valence-corrected chi connectivity index (χ4v) is 4.64. The first-order chi connectivity index (χ1) is 9.90. The van der Waals surface area contributed by atoms with Crippen LogP contribution in [0.25, 0.3) is 0 Å². The van der Waals surface area contributed by atoms with Gasteiger partial charge in [0.25, 0.3) is 0 Å². The first-order valence-electron chi connectivity index (χ1n) is 8.35. The van der Waals surface area contributed by atoms with Crippen LogP contribution in [0.3, 0.4) is 0 Å². The third kappa shape index (κ3) is 4.08. The number of nitrogens with two attached hydrogens (primary N) is 1. The maximum Gasteiger partial charge on any atom is 0.107 e. The molecule has 0 saturated heterocycles. The summed E-state index contributed by atoms with van der Waals surface area (Å²) in [5.41, 5.74) is 7.56. The molecule has 1 aliphatic carbocycles. The molecule has 1 aromatic heterocycles. The van der Waals surface area contributed by atoms with E-state index in [1.807, 2.05) is 0 Å². The standard InChI is InChI=1S/C18H31NOS/c1-11(2)15-7-6-12(3)10-16(15)20-17(14(5)19)18-13(4)8-9-21-18/h8-9,11-12,14-17H,6-7,10,19H2,1-5H3. The van der Waals surface area contributed by atoms with E-state index in [2.05, 4.69) is 46.1 Å². The molecular formula is C18H31NOS. The molecule has 5 unspecified atom stereocenters. The van der Waals surface area contributed by atoms with Crippen molar-refractivity contribution in [2.75, 3.05) is 0 Å². The Morgan fingerprint density at radius 1 is 1.29 bits per heavy atom. The van der Waals surface area contributed by atoms with Gasteiger partial charge in [-0.15, -0.1) is 11.3 Å². The molecule has 1 heterocycles. The highest BCUT2D eigenvalue weighted by atomic mass is 32.1. The molecule has 2 rings (SSSR count). The van der Waals surface area contributed by atoms with Gasteiger partial charge >= 0.3 is 0 Å². The van der Waals surface area contributed by atoms with Gasteiger partial charge in [-0.2, -0.15) is 0 Å². The maximum atomic E-state index is 6.61. The minimum atomic E-state index is 0.0346. The van der Waals surface area contributed by atoms with Gasteiger partial charge in [-0.3, -0.25) is 0 Å². The van der Waals surface area contributed by atoms with E-state index in [1.165, 1.54) is 29.7 Å². The zero-order valence-electron chi connectivity index (χ0n) is 14.1. The first-order valence-corrected chi connectivity index (χ1v) is 9.23. The largest absolute Gasteiger partial charge is 0.368 e. The van der Waals surface area contributed by atoms with Gasteiger partial charge in [-0.05, 0) is 61.5 Å². The number of thiophene rings is 1. The average molecular weight is 310 g/mol. The molecular weight excluding hydrogens is 278 g/mol.